The van der Waals surface area contributed by atoms with E-state index in [1.165, 1.54) is 32.1 Å². The third kappa shape index (κ3) is 4.07. The van der Waals surface area contributed by atoms with Crippen molar-refractivity contribution in [3.63, 3.8) is 0 Å². The molecule has 0 amide bonds. The molecule has 1 saturated carbocycles. The van der Waals surface area contributed by atoms with E-state index in [2.05, 4.69) is 16.7 Å². The largest absolute Gasteiger partial charge is 0.409 e. The molecule has 5 heteroatoms. The number of rotatable bonds is 6. The van der Waals surface area contributed by atoms with Crippen molar-refractivity contribution in [3.05, 3.63) is 0 Å². The molecule has 0 heterocycles. The summed E-state index contributed by atoms with van der Waals surface area (Å²) in [5, 5.41) is 15.3. The summed E-state index contributed by atoms with van der Waals surface area (Å²) in [5.41, 5.74) is 5.66. The molecule has 4 N–H and O–H groups in total. The van der Waals surface area contributed by atoms with E-state index in [4.69, 9.17) is 10.9 Å². The van der Waals surface area contributed by atoms with Crippen LogP contribution in [0.5, 0.6) is 0 Å². The molecule has 0 radical (unpaired) electrons. The molecule has 1 aliphatic carbocycles. The summed E-state index contributed by atoms with van der Waals surface area (Å²) < 4.78 is 0.349. The minimum atomic E-state index is -0.00838. The van der Waals surface area contributed by atoms with Crippen molar-refractivity contribution in [1.82, 2.24) is 5.32 Å². The van der Waals surface area contributed by atoms with Gasteiger partial charge < -0.3 is 16.3 Å². The van der Waals surface area contributed by atoms with E-state index in [0.717, 1.165) is 13.0 Å². The number of nitrogens with two attached hydrogens (primary N) is 1. The average Bonchev–Trinajstić information content (AvgIpc) is 2.40. The fourth-order valence-electron chi connectivity index (χ4n) is 2.49. The molecule has 100 valence electrons. The van der Waals surface area contributed by atoms with Crippen molar-refractivity contribution in [3.8, 4) is 0 Å². The van der Waals surface area contributed by atoms with Crippen molar-refractivity contribution in [1.29, 1.82) is 0 Å². The van der Waals surface area contributed by atoms with Gasteiger partial charge in [-0.2, -0.15) is 11.8 Å². The maximum absolute atomic E-state index is 8.71. The van der Waals surface area contributed by atoms with Gasteiger partial charge in [-0.3, -0.25) is 0 Å². The van der Waals surface area contributed by atoms with Crippen LogP contribution in [0.2, 0.25) is 0 Å². The molecule has 1 rings (SSSR count). The van der Waals surface area contributed by atoms with Crippen LogP contribution in [0.25, 0.3) is 0 Å². The molecule has 0 bridgehead atoms. The van der Waals surface area contributed by atoms with Crippen molar-refractivity contribution in [2.75, 3.05) is 12.8 Å². The van der Waals surface area contributed by atoms with Crippen LogP contribution in [0.1, 0.15) is 45.4 Å². The highest BCUT2D eigenvalue weighted by Crippen LogP contribution is 2.38. The van der Waals surface area contributed by atoms with Crippen LogP contribution in [-0.4, -0.2) is 34.6 Å². The zero-order chi connectivity index (χ0) is 12.7. The summed E-state index contributed by atoms with van der Waals surface area (Å²) in [6, 6.07) is -0.00838. The Morgan fingerprint density at radius 2 is 2.12 bits per heavy atom. The molecule has 0 aromatic heterocycles. The number of nitrogens with one attached hydrogen (secondary N) is 1. The van der Waals surface area contributed by atoms with Crippen LogP contribution in [0.4, 0.5) is 0 Å². The third-order valence-electron chi connectivity index (χ3n) is 3.75. The normalized spacial score (nSPS) is 22.4. The molecule has 1 aliphatic rings. The van der Waals surface area contributed by atoms with E-state index >= 15 is 0 Å². The van der Waals surface area contributed by atoms with Gasteiger partial charge in [0, 0.05) is 11.3 Å². The molecule has 0 aromatic rings. The van der Waals surface area contributed by atoms with Crippen molar-refractivity contribution < 1.29 is 5.21 Å². The Morgan fingerprint density at radius 1 is 1.47 bits per heavy atom. The van der Waals surface area contributed by atoms with E-state index in [-0.39, 0.29) is 6.04 Å². The van der Waals surface area contributed by atoms with E-state index < -0.39 is 0 Å². The summed E-state index contributed by atoms with van der Waals surface area (Å²) in [7, 11) is 0. The van der Waals surface area contributed by atoms with Gasteiger partial charge in [-0.1, -0.05) is 31.3 Å². The Morgan fingerprint density at radius 3 is 2.59 bits per heavy atom. The molecular weight excluding hydrogens is 234 g/mol. The smallest absolute Gasteiger partial charge is 0.156 e. The van der Waals surface area contributed by atoms with Gasteiger partial charge in [0.1, 0.15) is 0 Å². The van der Waals surface area contributed by atoms with Crippen molar-refractivity contribution in [2.24, 2.45) is 10.9 Å². The monoisotopic (exact) mass is 259 g/mol. The van der Waals surface area contributed by atoms with Gasteiger partial charge in [0.15, 0.2) is 5.84 Å². The number of nitrogens with zero attached hydrogens (tertiary/aromatic N) is 1. The number of amidine groups is 1. The van der Waals surface area contributed by atoms with Crippen LogP contribution in [-0.2, 0) is 0 Å². The quantitative estimate of drug-likeness (QED) is 0.296. The highest BCUT2D eigenvalue weighted by atomic mass is 32.2. The number of hydrogen-bond acceptors (Lipinski definition) is 4. The van der Waals surface area contributed by atoms with Gasteiger partial charge in [0.25, 0.3) is 0 Å². The second-order valence-electron chi connectivity index (χ2n) is 4.81. The number of thioether (sulfide) groups is 1. The lowest BCUT2D eigenvalue weighted by Crippen LogP contribution is -2.48. The first-order valence-corrected chi connectivity index (χ1v) is 7.66. The van der Waals surface area contributed by atoms with Gasteiger partial charge >= 0.3 is 0 Å². The van der Waals surface area contributed by atoms with Crippen molar-refractivity contribution >= 4 is 17.6 Å². The second-order valence-corrected chi connectivity index (χ2v) is 6.09. The molecule has 17 heavy (non-hydrogen) atoms. The summed E-state index contributed by atoms with van der Waals surface area (Å²) in [6.45, 7) is 2.99. The Labute approximate surface area is 108 Å². The van der Waals surface area contributed by atoms with Crippen LogP contribution >= 0.6 is 11.8 Å². The van der Waals surface area contributed by atoms with Gasteiger partial charge in [-0.15, -0.1) is 0 Å². The van der Waals surface area contributed by atoms with Crippen molar-refractivity contribution in [2.45, 2.75) is 56.2 Å². The van der Waals surface area contributed by atoms with Gasteiger partial charge in [-0.25, -0.2) is 0 Å². The SMILES string of the molecule is CCC(NCC1(SC)CCCCC1)C(N)=NO. The van der Waals surface area contributed by atoms with Gasteiger partial charge in [0.2, 0.25) is 0 Å². The lowest BCUT2D eigenvalue weighted by molar-refractivity contribution is 0.312. The lowest BCUT2D eigenvalue weighted by atomic mass is 9.88. The van der Waals surface area contributed by atoms with Crippen LogP contribution < -0.4 is 11.1 Å². The van der Waals surface area contributed by atoms with E-state index in [1.807, 2.05) is 18.7 Å². The molecule has 1 atom stereocenters. The van der Waals surface area contributed by atoms with Crippen LogP contribution in [0.3, 0.4) is 0 Å². The maximum atomic E-state index is 8.71. The van der Waals surface area contributed by atoms with Gasteiger partial charge in [-0.05, 0) is 25.5 Å². The topological polar surface area (TPSA) is 70.6 Å². The molecule has 0 aliphatic heterocycles. The maximum Gasteiger partial charge on any atom is 0.156 e. The van der Waals surface area contributed by atoms with E-state index in [1.54, 1.807) is 0 Å². The molecule has 0 saturated heterocycles. The lowest BCUT2D eigenvalue weighted by Gasteiger charge is -2.37. The fraction of sp³-hybridized carbons (Fsp3) is 0.917. The molecule has 0 spiro atoms. The average molecular weight is 259 g/mol. The highest BCUT2D eigenvalue weighted by Gasteiger charge is 2.31. The second kappa shape index (κ2) is 7.11. The highest BCUT2D eigenvalue weighted by molar-refractivity contribution is 8.00. The Bertz CT molecular complexity index is 252. The molecule has 1 unspecified atom stereocenters. The minimum absolute atomic E-state index is 0.00838. The van der Waals surface area contributed by atoms with E-state index in [9.17, 15) is 0 Å². The summed E-state index contributed by atoms with van der Waals surface area (Å²) in [4.78, 5) is 0. The van der Waals surface area contributed by atoms with Crippen LogP contribution in [0.15, 0.2) is 5.16 Å². The Balaban J connectivity index is 2.51. The predicted molar refractivity (Wildman–Crippen MR) is 74.8 cm³/mol. The molecular formula is C12H25N3OS. The Kier molecular flexibility index (Phi) is 6.12. The zero-order valence-electron chi connectivity index (χ0n) is 10.9. The zero-order valence-corrected chi connectivity index (χ0v) is 11.7. The molecule has 1 fully saturated rings. The predicted octanol–water partition coefficient (Wildman–Crippen LogP) is 2.17. The first-order chi connectivity index (χ1) is 8.17. The molecule has 4 nitrogen and oxygen atoms in total. The Hall–Kier alpha value is -0.420. The fourth-order valence-corrected chi connectivity index (χ4v) is 3.41. The minimum Gasteiger partial charge on any atom is -0.409 e. The third-order valence-corrected chi connectivity index (χ3v) is 5.17. The van der Waals surface area contributed by atoms with Crippen LogP contribution in [0, 0.1) is 0 Å². The standard InChI is InChI=1S/C12H25N3OS/c1-3-10(11(13)15-16)14-9-12(17-2)7-5-4-6-8-12/h10,14,16H,3-9H2,1-2H3,(H2,13,15). The number of hydrogen-bond donors (Lipinski definition) is 3. The summed E-state index contributed by atoms with van der Waals surface area (Å²) >= 11 is 1.96. The first-order valence-electron chi connectivity index (χ1n) is 6.43. The summed E-state index contributed by atoms with van der Waals surface area (Å²) in [5.74, 6) is 0.291. The van der Waals surface area contributed by atoms with Gasteiger partial charge in [0.05, 0.1) is 6.04 Å². The first kappa shape index (κ1) is 14.6. The van der Waals surface area contributed by atoms with E-state index in [0.29, 0.717) is 10.6 Å². The number of oxime groups is 1. The molecule has 0 aromatic carbocycles. The summed E-state index contributed by atoms with van der Waals surface area (Å²) in [6.07, 6.45) is 9.59.